The molecule has 0 radical (unpaired) electrons. The third-order valence-electron chi connectivity index (χ3n) is 3.51. The molecule has 1 aliphatic carbocycles. The van der Waals surface area contributed by atoms with Crippen LogP contribution in [-0.2, 0) is 9.53 Å². The van der Waals surface area contributed by atoms with E-state index in [1.807, 2.05) is 4.90 Å². The van der Waals surface area contributed by atoms with Crippen LogP contribution >= 0.6 is 0 Å². The molecule has 0 aromatic heterocycles. The summed E-state index contributed by atoms with van der Waals surface area (Å²) in [6, 6.07) is 0.518. The Kier molecular flexibility index (Phi) is 4.40. The van der Waals surface area contributed by atoms with E-state index < -0.39 is 0 Å². The van der Waals surface area contributed by atoms with E-state index in [-0.39, 0.29) is 11.9 Å². The summed E-state index contributed by atoms with van der Waals surface area (Å²) in [5, 5.41) is 3.34. The largest absolute Gasteiger partial charge is 0.378 e. The number of hydrogen-bond acceptors (Lipinski definition) is 3. The number of nitrogens with zero attached hydrogens (tertiary/aromatic N) is 1. The lowest BCUT2D eigenvalue weighted by molar-refractivity contribution is -0.134. The Labute approximate surface area is 104 Å². The lowest BCUT2D eigenvalue weighted by atomic mass is 10.1. The Morgan fingerprint density at radius 3 is 2.76 bits per heavy atom. The van der Waals surface area contributed by atoms with Crippen molar-refractivity contribution < 1.29 is 9.53 Å². The molecule has 1 N–H and O–H groups in total. The third-order valence-corrected chi connectivity index (χ3v) is 3.51. The zero-order valence-corrected chi connectivity index (χ0v) is 10.9. The second-order valence-corrected chi connectivity index (χ2v) is 5.51. The van der Waals surface area contributed by atoms with Gasteiger partial charge in [-0.15, -0.1) is 0 Å². The molecule has 1 amide bonds. The summed E-state index contributed by atoms with van der Waals surface area (Å²) in [5.74, 6) is 1.03. The molecule has 1 saturated carbocycles. The zero-order valence-electron chi connectivity index (χ0n) is 10.9. The van der Waals surface area contributed by atoms with Gasteiger partial charge in [-0.05, 0) is 32.6 Å². The number of hydrogen-bond donors (Lipinski definition) is 1. The fraction of sp³-hybridized carbons (Fsp3) is 0.923. The molecule has 17 heavy (non-hydrogen) atoms. The molecular formula is C13H24N2O2. The number of amides is 1. The fourth-order valence-corrected chi connectivity index (χ4v) is 2.26. The van der Waals surface area contributed by atoms with Crippen molar-refractivity contribution in [3.63, 3.8) is 0 Å². The van der Waals surface area contributed by atoms with Gasteiger partial charge in [0.2, 0.25) is 5.91 Å². The highest BCUT2D eigenvalue weighted by molar-refractivity contribution is 5.77. The van der Waals surface area contributed by atoms with E-state index in [9.17, 15) is 4.79 Å². The predicted octanol–water partition coefficient (Wildman–Crippen LogP) is 1.01. The molecule has 4 heteroatoms. The first-order valence-electron chi connectivity index (χ1n) is 6.77. The van der Waals surface area contributed by atoms with Crippen molar-refractivity contribution in [1.82, 2.24) is 10.2 Å². The van der Waals surface area contributed by atoms with Gasteiger partial charge in [-0.3, -0.25) is 4.79 Å². The highest BCUT2D eigenvalue weighted by atomic mass is 16.5. The normalized spacial score (nSPS) is 25.0. The molecule has 0 spiro atoms. The molecule has 2 rings (SSSR count). The smallest absolute Gasteiger partial charge is 0.224 e. The number of rotatable bonds is 5. The Morgan fingerprint density at radius 2 is 2.24 bits per heavy atom. The van der Waals surface area contributed by atoms with Crippen molar-refractivity contribution in [1.29, 1.82) is 0 Å². The molecule has 2 aliphatic rings. The first-order valence-corrected chi connectivity index (χ1v) is 6.77. The minimum absolute atomic E-state index is 0.205. The Bertz CT molecular complexity index is 258. The van der Waals surface area contributed by atoms with E-state index in [2.05, 4.69) is 19.2 Å². The maximum Gasteiger partial charge on any atom is 0.224 e. The monoisotopic (exact) mass is 240 g/mol. The molecule has 1 unspecified atom stereocenters. The van der Waals surface area contributed by atoms with Crippen LogP contribution in [0.5, 0.6) is 0 Å². The topological polar surface area (TPSA) is 41.6 Å². The quantitative estimate of drug-likeness (QED) is 0.780. The maximum absolute atomic E-state index is 12.2. The van der Waals surface area contributed by atoms with Crippen LogP contribution in [0.25, 0.3) is 0 Å². The van der Waals surface area contributed by atoms with E-state index in [1.54, 1.807) is 0 Å². The van der Waals surface area contributed by atoms with Gasteiger partial charge in [0, 0.05) is 31.6 Å². The SMILES string of the molecule is CC(C)N(CC1CC1)C(=O)CC1COCCN1. The first kappa shape index (κ1) is 12.8. The van der Waals surface area contributed by atoms with Gasteiger partial charge in [0.25, 0.3) is 0 Å². The molecule has 0 aromatic rings. The van der Waals surface area contributed by atoms with Crippen molar-refractivity contribution >= 4 is 5.91 Å². The third kappa shape index (κ3) is 3.96. The molecule has 1 atom stereocenters. The molecular weight excluding hydrogens is 216 g/mol. The van der Waals surface area contributed by atoms with E-state index >= 15 is 0 Å². The minimum Gasteiger partial charge on any atom is -0.378 e. The van der Waals surface area contributed by atoms with Gasteiger partial charge >= 0.3 is 0 Å². The van der Waals surface area contributed by atoms with Crippen LogP contribution in [0.3, 0.4) is 0 Å². The summed E-state index contributed by atoms with van der Waals surface area (Å²) in [6.45, 7) is 7.45. The average molecular weight is 240 g/mol. The molecule has 1 aliphatic heterocycles. The fourth-order valence-electron chi connectivity index (χ4n) is 2.26. The van der Waals surface area contributed by atoms with Gasteiger partial charge in [-0.1, -0.05) is 0 Å². The van der Waals surface area contributed by atoms with Crippen LogP contribution in [0.4, 0.5) is 0 Å². The molecule has 0 aromatic carbocycles. The van der Waals surface area contributed by atoms with Gasteiger partial charge in [0.1, 0.15) is 0 Å². The van der Waals surface area contributed by atoms with E-state index in [0.29, 0.717) is 19.1 Å². The summed E-state index contributed by atoms with van der Waals surface area (Å²) in [7, 11) is 0. The predicted molar refractivity (Wildman–Crippen MR) is 66.8 cm³/mol. The number of carbonyl (C=O) groups is 1. The van der Waals surface area contributed by atoms with Crippen LogP contribution in [0, 0.1) is 5.92 Å². The second kappa shape index (κ2) is 5.83. The van der Waals surface area contributed by atoms with Crippen LogP contribution in [0.15, 0.2) is 0 Å². The summed E-state index contributed by atoms with van der Waals surface area (Å²) in [5.41, 5.74) is 0. The van der Waals surface area contributed by atoms with E-state index in [4.69, 9.17) is 4.74 Å². The first-order chi connectivity index (χ1) is 8.16. The van der Waals surface area contributed by atoms with Gasteiger partial charge < -0.3 is 15.0 Å². The Hall–Kier alpha value is -0.610. The van der Waals surface area contributed by atoms with Crippen molar-refractivity contribution in [3.8, 4) is 0 Å². The van der Waals surface area contributed by atoms with Crippen molar-refractivity contribution in [2.75, 3.05) is 26.3 Å². The van der Waals surface area contributed by atoms with Crippen LogP contribution in [0.1, 0.15) is 33.1 Å². The lowest BCUT2D eigenvalue weighted by Crippen LogP contribution is -2.47. The summed E-state index contributed by atoms with van der Waals surface area (Å²) in [6.07, 6.45) is 3.16. The minimum atomic E-state index is 0.205. The molecule has 0 bridgehead atoms. The number of ether oxygens (including phenoxy) is 1. The van der Waals surface area contributed by atoms with E-state index in [1.165, 1.54) is 12.8 Å². The van der Waals surface area contributed by atoms with Gasteiger partial charge in [0.05, 0.1) is 13.2 Å². The number of nitrogens with one attached hydrogen (secondary N) is 1. The molecule has 4 nitrogen and oxygen atoms in total. The van der Waals surface area contributed by atoms with Gasteiger partial charge in [-0.2, -0.15) is 0 Å². The number of carbonyl (C=O) groups excluding carboxylic acids is 1. The Balaban J connectivity index is 1.81. The highest BCUT2D eigenvalue weighted by Gasteiger charge is 2.29. The maximum atomic E-state index is 12.2. The molecule has 2 fully saturated rings. The van der Waals surface area contributed by atoms with Crippen molar-refractivity contribution in [3.05, 3.63) is 0 Å². The highest BCUT2D eigenvalue weighted by Crippen LogP contribution is 2.30. The standard InChI is InChI=1S/C13H24N2O2/c1-10(2)15(8-11-3-4-11)13(16)7-12-9-17-6-5-14-12/h10-12,14H,3-9H2,1-2H3. The average Bonchev–Trinajstić information content (AvgIpc) is 3.10. The van der Waals surface area contributed by atoms with Crippen LogP contribution < -0.4 is 5.32 Å². The van der Waals surface area contributed by atoms with E-state index in [0.717, 1.165) is 25.6 Å². The summed E-state index contributed by atoms with van der Waals surface area (Å²) < 4.78 is 5.38. The lowest BCUT2D eigenvalue weighted by Gasteiger charge is -2.30. The summed E-state index contributed by atoms with van der Waals surface area (Å²) >= 11 is 0. The Morgan fingerprint density at radius 1 is 1.47 bits per heavy atom. The van der Waals surface area contributed by atoms with Crippen molar-refractivity contribution in [2.45, 2.75) is 45.2 Å². The van der Waals surface area contributed by atoms with Gasteiger partial charge in [-0.25, -0.2) is 0 Å². The molecule has 1 heterocycles. The molecule has 98 valence electrons. The van der Waals surface area contributed by atoms with Crippen molar-refractivity contribution in [2.24, 2.45) is 5.92 Å². The van der Waals surface area contributed by atoms with Crippen LogP contribution in [0.2, 0.25) is 0 Å². The van der Waals surface area contributed by atoms with Gasteiger partial charge in [0.15, 0.2) is 0 Å². The number of morpholine rings is 1. The van der Waals surface area contributed by atoms with Crippen LogP contribution in [-0.4, -0.2) is 49.2 Å². The summed E-state index contributed by atoms with van der Waals surface area (Å²) in [4.78, 5) is 14.3. The molecule has 1 saturated heterocycles. The second-order valence-electron chi connectivity index (χ2n) is 5.51. The zero-order chi connectivity index (χ0) is 12.3.